The molecule has 0 fully saturated rings. The van der Waals surface area contributed by atoms with E-state index in [0.29, 0.717) is 6.42 Å². The van der Waals surface area contributed by atoms with Crippen molar-refractivity contribution in [3.05, 3.63) is 46.7 Å². The van der Waals surface area contributed by atoms with Crippen LogP contribution in [0.3, 0.4) is 0 Å². The summed E-state index contributed by atoms with van der Waals surface area (Å²) in [5.41, 5.74) is 3.07. The summed E-state index contributed by atoms with van der Waals surface area (Å²) in [6.45, 7) is 1.91. The van der Waals surface area contributed by atoms with E-state index in [0.717, 1.165) is 18.7 Å². The summed E-state index contributed by atoms with van der Waals surface area (Å²) in [5, 5.41) is 23.8. The second kappa shape index (κ2) is 11.7. The van der Waals surface area contributed by atoms with Gasteiger partial charge < -0.3 is 4.74 Å². The van der Waals surface area contributed by atoms with Crippen LogP contribution in [-0.4, -0.2) is 34.1 Å². The van der Waals surface area contributed by atoms with Gasteiger partial charge >= 0.3 is 12.1 Å². The van der Waals surface area contributed by atoms with Crippen molar-refractivity contribution in [2.24, 2.45) is 5.73 Å². The number of esters is 1. The topological polar surface area (TPSA) is 150 Å². The molecule has 1 aromatic carbocycles. The highest BCUT2D eigenvalue weighted by Crippen LogP contribution is 2.29. The fraction of sp³-hybridized carbons (Fsp3) is 0.263. The Labute approximate surface area is 180 Å². The van der Waals surface area contributed by atoms with Crippen LogP contribution < -0.4 is 5.73 Å². The van der Waals surface area contributed by atoms with Crippen LogP contribution in [0.4, 0.5) is 13.2 Å². The summed E-state index contributed by atoms with van der Waals surface area (Å²) in [7, 11) is 0. The molecule has 2 aromatic rings. The first-order valence-corrected chi connectivity index (χ1v) is 9.06. The van der Waals surface area contributed by atoms with Gasteiger partial charge in [-0.1, -0.05) is 18.5 Å². The summed E-state index contributed by atoms with van der Waals surface area (Å²) >= 11 is 5.89. The van der Waals surface area contributed by atoms with E-state index < -0.39 is 23.3 Å². The van der Waals surface area contributed by atoms with Crippen LogP contribution in [0.5, 0.6) is 0 Å². The largest absolute Gasteiger partial charge is 0.450 e. The third-order valence-electron chi connectivity index (χ3n) is 3.45. The number of nitrogens with zero attached hydrogens (tertiary/aromatic N) is 3. The molecule has 0 aliphatic carbocycles. The van der Waals surface area contributed by atoms with Crippen molar-refractivity contribution in [1.82, 2.24) is 9.97 Å². The van der Waals surface area contributed by atoms with E-state index in [9.17, 15) is 18.0 Å². The number of carbonyl (C=O) groups excluding carboxylic acids is 1. The van der Waals surface area contributed by atoms with E-state index in [4.69, 9.17) is 33.4 Å². The van der Waals surface area contributed by atoms with E-state index in [-0.39, 0.29) is 34.7 Å². The number of halogens is 4. The molecule has 0 amide bonds. The lowest BCUT2D eigenvalue weighted by Gasteiger charge is -2.09. The van der Waals surface area contributed by atoms with Gasteiger partial charge in [0.25, 0.3) is 0 Å². The van der Waals surface area contributed by atoms with E-state index in [1.807, 2.05) is 6.92 Å². The predicted molar refractivity (Wildman–Crippen MR) is 108 cm³/mol. The maximum atomic E-state index is 12.7. The molecular weight excluding hydrogens is 437 g/mol. The molecule has 2 rings (SSSR count). The van der Waals surface area contributed by atoms with Crippen LogP contribution in [0.1, 0.15) is 31.0 Å². The molecule has 0 aliphatic rings. The van der Waals surface area contributed by atoms with Gasteiger partial charge in [0.05, 0.1) is 5.71 Å². The van der Waals surface area contributed by atoms with Crippen molar-refractivity contribution in [2.75, 3.05) is 6.73 Å². The average Bonchev–Trinajstić information content (AvgIpc) is 2.72. The molecule has 0 radical (unpaired) electrons. The van der Waals surface area contributed by atoms with E-state index >= 15 is 0 Å². The van der Waals surface area contributed by atoms with Crippen molar-refractivity contribution in [1.29, 1.82) is 16.1 Å². The first-order valence-electron chi connectivity index (χ1n) is 8.68. The molecule has 0 aliphatic heterocycles. The Kier molecular flexibility index (Phi) is 9.72. The molecule has 1 heterocycles. The standard InChI is InChI=1S/C14H7ClF3N5.C5H11NO2/c15-9-4-7(12(21)10(20)6-19)3-8(5-9)13-22-2-1-11(23-13)14(16,17)18;1-2-3-5(7)8-4-6/h1-5,20-21H;2-4,6H2,1H3. The minimum atomic E-state index is -4.62. The van der Waals surface area contributed by atoms with Crippen molar-refractivity contribution >= 4 is 29.0 Å². The first-order chi connectivity index (χ1) is 14.5. The second-order valence-electron chi connectivity index (χ2n) is 5.79. The van der Waals surface area contributed by atoms with E-state index in [1.54, 1.807) is 0 Å². The summed E-state index contributed by atoms with van der Waals surface area (Å²) in [6, 6.07) is 6.21. The number of nitriles is 1. The zero-order valence-corrected chi connectivity index (χ0v) is 17.0. The Balaban J connectivity index is 0.000000512. The molecule has 4 N–H and O–H groups in total. The molecular formula is C19H18ClF3N6O2. The number of nitrogens with two attached hydrogens (primary N) is 1. The van der Waals surface area contributed by atoms with Gasteiger partial charge in [0, 0.05) is 28.8 Å². The van der Waals surface area contributed by atoms with E-state index in [1.165, 1.54) is 24.3 Å². The minimum absolute atomic E-state index is 0.00116. The van der Waals surface area contributed by atoms with Crippen molar-refractivity contribution in [3.63, 3.8) is 0 Å². The van der Waals surface area contributed by atoms with Crippen LogP contribution in [-0.2, 0) is 15.7 Å². The smallest absolute Gasteiger partial charge is 0.433 e. The van der Waals surface area contributed by atoms with Gasteiger partial charge in [0.2, 0.25) is 0 Å². The first kappa shape index (κ1) is 25.7. The van der Waals surface area contributed by atoms with Gasteiger partial charge in [-0.25, -0.2) is 9.97 Å². The molecule has 0 saturated heterocycles. The summed E-state index contributed by atoms with van der Waals surface area (Å²) in [4.78, 5) is 17.5. The van der Waals surface area contributed by atoms with Gasteiger partial charge in [0.15, 0.2) is 11.5 Å². The summed E-state index contributed by atoms with van der Waals surface area (Å²) in [5.74, 6) is -0.435. The fourth-order valence-electron chi connectivity index (χ4n) is 2.09. The minimum Gasteiger partial charge on any atom is -0.450 e. The normalized spacial score (nSPS) is 10.4. The van der Waals surface area contributed by atoms with Crippen molar-refractivity contribution in [3.8, 4) is 17.5 Å². The molecule has 12 heteroatoms. The zero-order chi connectivity index (χ0) is 23.6. The highest BCUT2D eigenvalue weighted by Gasteiger charge is 2.32. The Morgan fingerprint density at radius 3 is 2.55 bits per heavy atom. The summed E-state index contributed by atoms with van der Waals surface area (Å²) < 4.78 is 42.5. The highest BCUT2D eigenvalue weighted by molar-refractivity contribution is 6.51. The molecule has 164 valence electrons. The summed E-state index contributed by atoms with van der Waals surface area (Å²) in [6.07, 6.45) is -2.36. The van der Waals surface area contributed by atoms with Gasteiger partial charge in [-0.05, 0) is 30.7 Å². The molecule has 0 spiro atoms. The fourth-order valence-corrected chi connectivity index (χ4v) is 2.32. The lowest BCUT2D eigenvalue weighted by atomic mass is 10.0. The monoisotopic (exact) mass is 454 g/mol. The number of ether oxygens (including phenoxy) is 1. The predicted octanol–water partition coefficient (Wildman–Crippen LogP) is 3.97. The van der Waals surface area contributed by atoms with Gasteiger partial charge in [-0.15, -0.1) is 0 Å². The Morgan fingerprint density at radius 2 is 2.00 bits per heavy atom. The zero-order valence-electron chi connectivity index (χ0n) is 16.3. The molecule has 0 saturated carbocycles. The lowest BCUT2D eigenvalue weighted by Crippen LogP contribution is -2.11. The number of hydrogen-bond acceptors (Lipinski definition) is 8. The van der Waals surface area contributed by atoms with Crippen LogP contribution in [0.25, 0.3) is 11.4 Å². The maximum Gasteiger partial charge on any atom is 0.433 e. The molecule has 0 unspecified atom stereocenters. The number of alkyl halides is 3. The van der Waals surface area contributed by atoms with Gasteiger partial charge in [-0.3, -0.25) is 21.3 Å². The average molecular weight is 455 g/mol. The van der Waals surface area contributed by atoms with Crippen molar-refractivity contribution in [2.45, 2.75) is 25.9 Å². The van der Waals surface area contributed by atoms with Gasteiger partial charge in [-0.2, -0.15) is 18.4 Å². The molecule has 0 bridgehead atoms. The Hall–Kier alpha value is -3.36. The van der Waals surface area contributed by atoms with Crippen LogP contribution in [0, 0.1) is 22.1 Å². The Bertz CT molecular complexity index is 997. The third kappa shape index (κ3) is 8.12. The van der Waals surface area contributed by atoms with Crippen molar-refractivity contribution < 1.29 is 22.7 Å². The number of hydrogen-bond donors (Lipinski definition) is 3. The van der Waals surface area contributed by atoms with Crippen LogP contribution in [0.2, 0.25) is 5.02 Å². The SMILES string of the molecule is CCCC(=O)OCN.N#CC(=N)C(=N)c1cc(Cl)cc(-c2nccc(C(F)(F)F)n2)c1. The molecule has 8 nitrogen and oxygen atoms in total. The maximum absolute atomic E-state index is 12.7. The van der Waals surface area contributed by atoms with Gasteiger partial charge in [0.1, 0.15) is 18.5 Å². The Morgan fingerprint density at radius 1 is 1.32 bits per heavy atom. The van der Waals surface area contributed by atoms with Crippen LogP contribution in [0.15, 0.2) is 30.5 Å². The number of carbonyl (C=O) groups is 1. The number of rotatable bonds is 6. The molecule has 31 heavy (non-hydrogen) atoms. The number of aromatic nitrogens is 2. The molecule has 1 aromatic heterocycles. The number of benzene rings is 1. The quantitative estimate of drug-likeness (QED) is 0.341. The third-order valence-corrected chi connectivity index (χ3v) is 3.67. The second-order valence-corrected chi connectivity index (χ2v) is 6.22. The highest BCUT2D eigenvalue weighted by atomic mass is 35.5. The van der Waals surface area contributed by atoms with Crippen LogP contribution >= 0.6 is 11.6 Å². The molecule has 0 atom stereocenters. The lowest BCUT2D eigenvalue weighted by molar-refractivity contribution is -0.143. The number of nitrogens with one attached hydrogen (secondary N) is 2. The van der Waals surface area contributed by atoms with E-state index in [2.05, 4.69) is 14.7 Å².